The van der Waals surface area contributed by atoms with Gasteiger partial charge in [-0.1, -0.05) is 18.0 Å². The number of anilines is 1. The number of carbonyl (C=O) groups excluding carboxylic acids is 2. The minimum absolute atomic E-state index is 0.0231. The van der Waals surface area contributed by atoms with Crippen LogP contribution < -0.4 is 10.1 Å². The molecule has 136 valence electrons. The molecule has 6 heteroatoms. The molecule has 3 atom stereocenters. The second kappa shape index (κ2) is 7.65. The number of halogens is 1. The van der Waals surface area contributed by atoms with E-state index in [0.29, 0.717) is 34.7 Å². The summed E-state index contributed by atoms with van der Waals surface area (Å²) in [6, 6.07) is 5.03. The molecular weight excluding hydrogens is 340 g/mol. The molecule has 1 N–H and O–H groups in total. The van der Waals surface area contributed by atoms with E-state index >= 15 is 0 Å². The lowest BCUT2D eigenvalue weighted by molar-refractivity contribution is -0.134. The smallest absolute Gasteiger partial charge is 0.244 e. The zero-order valence-corrected chi connectivity index (χ0v) is 15.5. The number of carbonyl (C=O) groups is 2. The van der Waals surface area contributed by atoms with Crippen molar-refractivity contribution in [1.82, 2.24) is 4.90 Å². The number of nitrogens with zero attached hydrogens (tertiary/aromatic N) is 1. The monoisotopic (exact) mass is 364 g/mol. The van der Waals surface area contributed by atoms with Crippen molar-refractivity contribution in [2.45, 2.75) is 32.1 Å². The van der Waals surface area contributed by atoms with E-state index in [1.807, 2.05) is 0 Å². The molecule has 3 rings (SSSR count). The highest BCUT2D eigenvalue weighted by atomic mass is 35.5. The zero-order valence-electron chi connectivity index (χ0n) is 14.8. The Labute approximate surface area is 153 Å². The average molecular weight is 365 g/mol. The molecule has 5 nitrogen and oxygen atoms in total. The van der Waals surface area contributed by atoms with E-state index in [4.69, 9.17) is 16.3 Å². The van der Waals surface area contributed by atoms with E-state index in [1.165, 1.54) is 37.7 Å². The molecule has 0 radical (unpaired) electrons. The van der Waals surface area contributed by atoms with Gasteiger partial charge in [-0.05, 0) is 55.2 Å². The summed E-state index contributed by atoms with van der Waals surface area (Å²) in [4.78, 5) is 26.2. The highest BCUT2D eigenvalue weighted by molar-refractivity contribution is 6.31. The van der Waals surface area contributed by atoms with Crippen molar-refractivity contribution in [3.05, 3.63) is 23.2 Å². The molecule has 2 aliphatic carbocycles. The van der Waals surface area contributed by atoms with E-state index in [-0.39, 0.29) is 18.4 Å². The predicted molar refractivity (Wildman–Crippen MR) is 97.8 cm³/mol. The number of amides is 2. The Hall–Kier alpha value is -1.75. The average Bonchev–Trinajstić information content (AvgIpc) is 3.17. The normalized spacial score (nSPS) is 24.2. The van der Waals surface area contributed by atoms with Crippen LogP contribution in [0.15, 0.2) is 18.2 Å². The number of rotatable bonds is 6. The van der Waals surface area contributed by atoms with E-state index in [9.17, 15) is 9.59 Å². The van der Waals surface area contributed by atoms with Gasteiger partial charge in [0.25, 0.3) is 0 Å². The lowest BCUT2D eigenvalue weighted by Gasteiger charge is -2.24. The van der Waals surface area contributed by atoms with Crippen molar-refractivity contribution >= 4 is 29.1 Å². The molecule has 0 heterocycles. The van der Waals surface area contributed by atoms with Crippen LogP contribution in [0.3, 0.4) is 0 Å². The SMILES string of the molecule is COc1ccc(Cl)cc1NC(=O)CN(C)C(=O)C[C@@H]1C[C@@H]2CC[C@@H]1C2. The Morgan fingerprint density at radius 2 is 2.12 bits per heavy atom. The van der Waals surface area contributed by atoms with E-state index in [0.717, 1.165) is 5.92 Å². The molecule has 0 saturated heterocycles. The first kappa shape index (κ1) is 18.1. The molecule has 2 bridgehead atoms. The number of hydrogen-bond donors (Lipinski definition) is 1. The van der Waals surface area contributed by atoms with Crippen LogP contribution in [0, 0.1) is 17.8 Å². The first-order valence-corrected chi connectivity index (χ1v) is 9.21. The van der Waals surface area contributed by atoms with Crippen LogP contribution in [-0.2, 0) is 9.59 Å². The minimum Gasteiger partial charge on any atom is -0.495 e. The van der Waals surface area contributed by atoms with Crippen LogP contribution in [0.4, 0.5) is 5.69 Å². The number of nitrogens with one attached hydrogen (secondary N) is 1. The van der Waals surface area contributed by atoms with Gasteiger partial charge in [-0.25, -0.2) is 0 Å². The minimum atomic E-state index is -0.260. The largest absolute Gasteiger partial charge is 0.495 e. The Balaban J connectivity index is 1.52. The Morgan fingerprint density at radius 3 is 2.76 bits per heavy atom. The van der Waals surface area contributed by atoms with Crippen LogP contribution in [0.5, 0.6) is 5.75 Å². The fourth-order valence-electron chi connectivity index (χ4n) is 4.28. The summed E-state index contributed by atoms with van der Waals surface area (Å²) < 4.78 is 5.22. The Morgan fingerprint density at radius 1 is 1.32 bits per heavy atom. The number of fused-ring (bicyclic) bond motifs is 2. The maximum absolute atomic E-state index is 12.4. The van der Waals surface area contributed by atoms with Crippen molar-refractivity contribution in [3.63, 3.8) is 0 Å². The van der Waals surface area contributed by atoms with Gasteiger partial charge in [-0.2, -0.15) is 0 Å². The van der Waals surface area contributed by atoms with Gasteiger partial charge in [-0.3, -0.25) is 9.59 Å². The molecule has 2 saturated carbocycles. The molecular formula is C19H25ClN2O3. The third-order valence-corrected chi connectivity index (χ3v) is 5.80. The number of ether oxygens (including phenoxy) is 1. The molecule has 1 aromatic rings. The summed E-state index contributed by atoms with van der Waals surface area (Å²) in [6.45, 7) is 0.0231. The summed E-state index contributed by atoms with van der Waals surface area (Å²) in [7, 11) is 3.22. The Kier molecular flexibility index (Phi) is 5.52. The third-order valence-electron chi connectivity index (χ3n) is 5.56. The van der Waals surface area contributed by atoms with Crippen molar-refractivity contribution in [3.8, 4) is 5.75 Å². The van der Waals surface area contributed by atoms with Crippen molar-refractivity contribution in [2.24, 2.45) is 17.8 Å². The van der Waals surface area contributed by atoms with Crippen LogP contribution in [0.2, 0.25) is 5.02 Å². The zero-order chi connectivity index (χ0) is 18.0. The van der Waals surface area contributed by atoms with Gasteiger partial charge >= 0.3 is 0 Å². The predicted octanol–water partition coefficient (Wildman–Crippen LogP) is 3.57. The molecule has 0 aromatic heterocycles. The quantitative estimate of drug-likeness (QED) is 0.839. The summed E-state index contributed by atoms with van der Waals surface area (Å²) in [6.07, 6.45) is 5.62. The molecule has 0 spiro atoms. The number of benzene rings is 1. The van der Waals surface area contributed by atoms with Crippen LogP contribution >= 0.6 is 11.6 Å². The first-order valence-electron chi connectivity index (χ1n) is 8.83. The highest BCUT2D eigenvalue weighted by Crippen LogP contribution is 2.49. The van der Waals surface area contributed by atoms with Crippen LogP contribution in [-0.4, -0.2) is 37.4 Å². The fourth-order valence-corrected chi connectivity index (χ4v) is 4.45. The maximum atomic E-state index is 12.4. The molecule has 0 aliphatic heterocycles. The van der Waals surface area contributed by atoms with Gasteiger partial charge in [0.2, 0.25) is 11.8 Å². The van der Waals surface area contributed by atoms with E-state index in [1.54, 1.807) is 25.2 Å². The standard InChI is InChI=1S/C19H25ClN2O3/c1-22(19(24)9-14-8-12-3-4-13(14)7-12)11-18(23)21-16-10-15(20)5-6-17(16)25-2/h5-6,10,12-14H,3-4,7-9,11H2,1-2H3,(H,21,23)/t12-,13-,14+/m1/s1. The van der Waals surface area contributed by atoms with Crippen LogP contribution in [0.1, 0.15) is 32.1 Å². The van der Waals surface area contributed by atoms with Crippen molar-refractivity contribution in [1.29, 1.82) is 0 Å². The van der Waals surface area contributed by atoms with E-state index < -0.39 is 0 Å². The lowest BCUT2D eigenvalue weighted by Crippen LogP contribution is -2.36. The Bertz CT molecular complexity index is 664. The second-order valence-electron chi connectivity index (χ2n) is 7.28. The van der Waals surface area contributed by atoms with E-state index in [2.05, 4.69) is 5.32 Å². The molecule has 2 fully saturated rings. The molecule has 2 aliphatic rings. The molecule has 2 amide bonds. The summed E-state index contributed by atoms with van der Waals surface area (Å²) >= 11 is 5.97. The van der Waals surface area contributed by atoms with Crippen molar-refractivity contribution < 1.29 is 14.3 Å². The van der Waals surface area contributed by atoms with Gasteiger partial charge in [0.15, 0.2) is 0 Å². The number of hydrogen-bond acceptors (Lipinski definition) is 3. The van der Waals surface area contributed by atoms with Gasteiger partial charge in [-0.15, -0.1) is 0 Å². The van der Waals surface area contributed by atoms with Gasteiger partial charge in [0, 0.05) is 18.5 Å². The van der Waals surface area contributed by atoms with Gasteiger partial charge in [0.1, 0.15) is 5.75 Å². The molecule has 25 heavy (non-hydrogen) atoms. The number of likely N-dealkylation sites (N-methyl/N-ethyl adjacent to an activating group) is 1. The lowest BCUT2D eigenvalue weighted by atomic mass is 9.86. The second-order valence-corrected chi connectivity index (χ2v) is 7.72. The van der Waals surface area contributed by atoms with Crippen molar-refractivity contribution in [2.75, 3.05) is 26.0 Å². The van der Waals surface area contributed by atoms with Gasteiger partial charge in [0.05, 0.1) is 19.3 Å². The highest BCUT2D eigenvalue weighted by Gasteiger charge is 2.40. The fraction of sp³-hybridized carbons (Fsp3) is 0.579. The third kappa shape index (κ3) is 4.27. The number of methoxy groups -OCH3 is 1. The first-order chi connectivity index (χ1) is 12.0. The summed E-state index contributed by atoms with van der Waals surface area (Å²) in [5, 5.41) is 3.28. The molecule has 0 unspecified atom stereocenters. The maximum Gasteiger partial charge on any atom is 0.244 e. The van der Waals surface area contributed by atoms with Crippen LogP contribution in [0.25, 0.3) is 0 Å². The summed E-state index contributed by atoms with van der Waals surface area (Å²) in [5.41, 5.74) is 0.508. The topological polar surface area (TPSA) is 58.6 Å². The van der Waals surface area contributed by atoms with Gasteiger partial charge < -0.3 is 15.0 Å². The molecule has 1 aromatic carbocycles. The summed E-state index contributed by atoms with van der Waals surface area (Å²) in [5.74, 6) is 2.37.